The van der Waals surface area contributed by atoms with Crippen molar-refractivity contribution in [1.82, 2.24) is 14.8 Å². The fourth-order valence-corrected chi connectivity index (χ4v) is 5.83. The van der Waals surface area contributed by atoms with Gasteiger partial charge in [0.15, 0.2) is 5.82 Å². The van der Waals surface area contributed by atoms with Gasteiger partial charge in [-0.05, 0) is 60.7 Å². The molecule has 0 saturated carbocycles. The monoisotopic (exact) mass is 606 g/mol. The predicted molar refractivity (Wildman–Crippen MR) is 158 cm³/mol. The molecule has 3 aromatic carbocycles. The number of halogens is 3. The van der Waals surface area contributed by atoms with Gasteiger partial charge >= 0.3 is 6.61 Å². The maximum absolute atomic E-state index is 13.6. The lowest BCUT2D eigenvalue weighted by Gasteiger charge is -2.28. The van der Waals surface area contributed by atoms with Gasteiger partial charge in [0.1, 0.15) is 21.4 Å². The normalized spacial score (nSPS) is 13.3. The van der Waals surface area contributed by atoms with Crippen molar-refractivity contribution in [3.63, 3.8) is 0 Å². The first-order chi connectivity index (χ1) is 20.9. The highest BCUT2D eigenvalue weighted by Gasteiger charge is 2.30. The number of ketones is 1. The van der Waals surface area contributed by atoms with E-state index < -0.39 is 18.2 Å². The highest BCUT2D eigenvalue weighted by atomic mass is 32.1. The lowest BCUT2D eigenvalue weighted by molar-refractivity contribution is -0.0498. The van der Waals surface area contributed by atoms with Crippen LogP contribution in [0.3, 0.4) is 0 Å². The Morgan fingerprint density at radius 3 is 2.35 bits per heavy atom. The largest absolute Gasteiger partial charge is 0.435 e. The molecule has 220 valence electrons. The number of benzene rings is 3. The van der Waals surface area contributed by atoms with Crippen LogP contribution in [0.5, 0.6) is 5.75 Å². The molecule has 5 aromatic rings. The summed E-state index contributed by atoms with van der Waals surface area (Å²) in [6.07, 6.45) is 0. The summed E-state index contributed by atoms with van der Waals surface area (Å²) in [6.45, 7) is -0.669. The number of morpholine rings is 1. The highest BCUT2D eigenvalue weighted by Crippen LogP contribution is 2.46. The Bertz CT molecular complexity index is 1720. The molecule has 0 unspecified atom stereocenters. The van der Waals surface area contributed by atoms with E-state index in [1.165, 1.54) is 36.4 Å². The van der Waals surface area contributed by atoms with Crippen molar-refractivity contribution >= 4 is 39.4 Å². The topological polar surface area (TPSA) is 108 Å². The van der Waals surface area contributed by atoms with Crippen LogP contribution in [0.15, 0.2) is 78.9 Å². The van der Waals surface area contributed by atoms with Gasteiger partial charge in [0.2, 0.25) is 11.7 Å². The molecule has 9 nitrogen and oxygen atoms in total. The number of alkyl halides is 2. The van der Waals surface area contributed by atoms with E-state index in [2.05, 4.69) is 25.2 Å². The van der Waals surface area contributed by atoms with Crippen LogP contribution < -0.4 is 20.7 Å². The van der Waals surface area contributed by atoms with E-state index in [9.17, 15) is 18.0 Å². The number of hydrogen-bond donors (Lipinski definition) is 2. The number of rotatable bonds is 9. The van der Waals surface area contributed by atoms with Crippen molar-refractivity contribution in [3.8, 4) is 22.8 Å². The first-order valence-electron chi connectivity index (χ1n) is 13.3. The number of anilines is 4. The van der Waals surface area contributed by atoms with Crippen molar-refractivity contribution in [2.75, 3.05) is 42.3 Å². The Morgan fingerprint density at radius 1 is 0.977 bits per heavy atom. The number of nitrogens with zero attached hydrogens (tertiary/aromatic N) is 4. The Balaban J connectivity index is 1.49. The van der Waals surface area contributed by atoms with Gasteiger partial charge in [-0.25, -0.2) is 4.39 Å². The first-order valence-corrected chi connectivity index (χ1v) is 14.1. The summed E-state index contributed by atoms with van der Waals surface area (Å²) < 4.78 is 50.8. The van der Waals surface area contributed by atoms with Crippen LogP contribution >= 0.6 is 11.3 Å². The second kappa shape index (κ2) is 12.2. The number of nitrogens with two attached hydrogens (primary N) is 1. The quantitative estimate of drug-likeness (QED) is 0.193. The van der Waals surface area contributed by atoms with Crippen LogP contribution in [-0.4, -0.2) is 53.5 Å². The molecule has 1 aliphatic rings. The molecule has 0 spiro atoms. The van der Waals surface area contributed by atoms with Crippen LogP contribution in [0.1, 0.15) is 15.2 Å². The van der Waals surface area contributed by atoms with E-state index in [1.807, 2.05) is 34.9 Å². The summed E-state index contributed by atoms with van der Waals surface area (Å²) in [5.74, 6) is 0.111. The molecule has 0 amide bonds. The Kier molecular flexibility index (Phi) is 7.99. The number of para-hydroxylation sites is 1. The number of carbonyl (C=O) groups is 1. The Morgan fingerprint density at radius 2 is 1.67 bits per heavy atom. The van der Waals surface area contributed by atoms with Gasteiger partial charge in [-0.3, -0.25) is 9.36 Å². The van der Waals surface area contributed by atoms with E-state index >= 15 is 0 Å². The van der Waals surface area contributed by atoms with Crippen molar-refractivity contribution in [3.05, 3.63) is 95.1 Å². The number of hydrogen-bond acceptors (Lipinski definition) is 9. The van der Waals surface area contributed by atoms with Crippen molar-refractivity contribution in [2.24, 2.45) is 0 Å². The zero-order valence-electron chi connectivity index (χ0n) is 22.5. The summed E-state index contributed by atoms with van der Waals surface area (Å²) in [5.41, 5.74) is 8.90. The summed E-state index contributed by atoms with van der Waals surface area (Å²) in [5, 5.41) is 12.8. The third kappa shape index (κ3) is 5.90. The van der Waals surface area contributed by atoms with Gasteiger partial charge in [0.05, 0.1) is 30.2 Å². The molecule has 13 heteroatoms. The van der Waals surface area contributed by atoms with Gasteiger partial charge < -0.3 is 25.4 Å². The minimum Gasteiger partial charge on any atom is -0.435 e. The van der Waals surface area contributed by atoms with Gasteiger partial charge in [-0.1, -0.05) is 18.2 Å². The van der Waals surface area contributed by atoms with E-state index in [4.69, 9.17) is 10.5 Å². The molecule has 3 heterocycles. The Labute approximate surface area is 248 Å². The van der Waals surface area contributed by atoms with Gasteiger partial charge in [0.25, 0.3) is 0 Å². The summed E-state index contributed by atoms with van der Waals surface area (Å²) >= 11 is 1.10. The molecule has 1 fully saturated rings. The van der Waals surface area contributed by atoms with Crippen molar-refractivity contribution in [1.29, 1.82) is 0 Å². The van der Waals surface area contributed by atoms with Crippen LogP contribution in [0, 0.1) is 5.82 Å². The molecule has 3 N–H and O–H groups in total. The number of ether oxygens (including phenoxy) is 2. The molecule has 2 aromatic heterocycles. The lowest BCUT2D eigenvalue weighted by Crippen LogP contribution is -2.37. The molecule has 0 bridgehead atoms. The minimum atomic E-state index is -2.95. The van der Waals surface area contributed by atoms with E-state index in [0.29, 0.717) is 54.3 Å². The lowest BCUT2D eigenvalue weighted by atomic mass is 10.1. The molecular weight excluding hydrogens is 581 g/mol. The first kappa shape index (κ1) is 28.2. The van der Waals surface area contributed by atoms with Gasteiger partial charge in [-0.2, -0.15) is 8.78 Å². The highest BCUT2D eigenvalue weighted by molar-refractivity contribution is 7.19. The number of carbonyl (C=O) groups excluding carboxylic acids is 1. The molecule has 1 saturated heterocycles. The van der Waals surface area contributed by atoms with Crippen molar-refractivity contribution in [2.45, 2.75) is 6.61 Å². The molecular formula is C30H25F3N6O3S. The van der Waals surface area contributed by atoms with Crippen LogP contribution in [0.4, 0.5) is 35.5 Å². The van der Waals surface area contributed by atoms with E-state index in [-0.39, 0.29) is 21.9 Å². The standard InChI is InChI=1S/C30H25F3N6O3S/c31-19-8-6-18(7-9-19)25(40)26-24(34)23(28(43-26)35-20-10-12-22(13-11-20)42-29(32)33)27-36-37-30(38-14-16-41-17-15-38)39(27)21-4-2-1-3-5-21/h1-13,29,35H,14-17,34H2. The minimum absolute atomic E-state index is 0.00221. The van der Waals surface area contributed by atoms with Crippen LogP contribution in [-0.2, 0) is 4.74 Å². The molecule has 1 aliphatic heterocycles. The molecule has 6 rings (SSSR count). The fraction of sp³-hybridized carbons (Fsp3) is 0.167. The van der Waals surface area contributed by atoms with Crippen molar-refractivity contribution < 1.29 is 27.4 Å². The number of nitrogens with one attached hydrogen (secondary N) is 1. The summed E-state index contributed by atoms with van der Waals surface area (Å²) in [6, 6.07) is 20.7. The fourth-order valence-electron chi connectivity index (χ4n) is 4.73. The predicted octanol–water partition coefficient (Wildman–Crippen LogP) is 6.13. The third-order valence-electron chi connectivity index (χ3n) is 6.77. The van der Waals surface area contributed by atoms with Gasteiger partial charge in [0, 0.05) is 24.3 Å². The number of nitrogen functional groups attached to an aromatic ring is 1. The van der Waals surface area contributed by atoms with E-state index in [1.54, 1.807) is 12.1 Å². The molecule has 43 heavy (non-hydrogen) atoms. The van der Waals surface area contributed by atoms with E-state index in [0.717, 1.165) is 17.0 Å². The molecule has 0 aliphatic carbocycles. The van der Waals surface area contributed by atoms with Crippen LogP contribution in [0.2, 0.25) is 0 Å². The summed E-state index contributed by atoms with van der Waals surface area (Å²) in [4.78, 5) is 15.9. The average Bonchev–Trinajstić information content (AvgIpc) is 3.59. The smallest absolute Gasteiger partial charge is 0.387 e. The second-order valence-electron chi connectivity index (χ2n) is 9.51. The summed E-state index contributed by atoms with van der Waals surface area (Å²) in [7, 11) is 0. The molecule has 0 atom stereocenters. The maximum atomic E-state index is 13.6. The van der Waals surface area contributed by atoms with Crippen LogP contribution in [0.25, 0.3) is 17.1 Å². The number of aromatic nitrogens is 3. The second-order valence-corrected chi connectivity index (χ2v) is 10.5. The number of thiophene rings is 1. The van der Waals surface area contributed by atoms with Gasteiger partial charge in [-0.15, -0.1) is 21.5 Å². The third-order valence-corrected chi connectivity index (χ3v) is 7.89. The molecule has 0 radical (unpaired) electrons. The Hall–Kier alpha value is -4.88. The maximum Gasteiger partial charge on any atom is 0.387 e. The zero-order valence-corrected chi connectivity index (χ0v) is 23.4. The zero-order chi connectivity index (χ0) is 29.9. The SMILES string of the molecule is Nc1c(C(=O)c2ccc(F)cc2)sc(Nc2ccc(OC(F)F)cc2)c1-c1nnc(N2CCOCC2)n1-c1ccccc1. The average molecular weight is 607 g/mol.